The van der Waals surface area contributed by atoms with Crippen molar-refractivity contribution in [2.24, 2.45) is 0 Å². The third-order valence-electron chi connectivity index (χ3n) is 4.86. The van der Waals surface area contributed by atoms with Crippen LogP contribution in [0, 0.1) is 0 Å². The van der Waals surface area contributed by atoms with Crippen LogP contribution in [-0.2, 0) is 6.54 Å². The summed E-state index contributed by atoms with van der Waals surface area (Å²) >= 11 is 1.66. The van der Waals surface area contributed by atoms with Crippen molar-refractivity contribution >= 4 is 11.3 Å². The molecule has 0 amide bonds. The fourth-order valence-electron chi connectivity index (χ4n) is 3.21. The molecule has 2 heterocycles. The first-order valence-corrected chi connectivity index (χ1v) is 10.1. The number of rotatable bonds is 7. The normalized spacial score (nSPS) is 12.6. The van der Waals surface area contributed by atoms with E-state index in [9.17, 15) is 0 Å². The zero-order valence-electron chi connectivity index (χ0n) is 15.9. The molecule has 142 valence electrons. The summed E-state index contributed by atoms with van der Waals surface area (Å²) in [5.41, 5.74) is 2.29. The lowest BCUT2D eigenvalue weighted by Crippen LogP contribution is -2.22. The number of hydrogen-bond acceptors (Lipinski definition) is 6. The Hall–Kier alpha value is -2.83. The van der Waals surface area contributed by atoms with Crippen molar-refractivity contribution in [2.75, 3.05) is 7.05 Å². The fourth-order valence-corrected chi connectivity index (χ4v) is 3.97. The van der Waals surface area contributed by atoms with Crippen LogP contribution in [0.4, 0.5) is 0 Å². The third kappa shape index (κ3) is 4.03. The molecule has 0 aliphatic rings. The molecule has 0 saturated carbocycles. The van der Waals surface area contributed by atoms with Gasteiger partial charge in [0.1, 0.15) is 5.01 Å². The summed E-state index contributed by atoms with van der Waals surface area (Å²) in [7, 11) is 2.04. The average Bonchev–Trinajstić information content (AvgIpc) is 3.42. The summed E-state index contributed by atoms with van der Waals surface area (Å²) in [6, 6.07) is 20.8. The van der Waals surface area contributed by atoms with Crippen LogP contribution in [0.1, 0.15) is 46.7 Å². The van der Waals surface area contributed by atoms with Crippen LogP contribution >= 0.6 is 11.3 Å². The average molecular weight is 391 g/mol. The van der Waals surface area contributed by atoms with Crippen LogP contribution in [0.2, 0.25) is 0 Å². The highest BCUT2D eigenvalue weighted by atomic mass is 32.1. The second-order valence-electron chi connectivity index (χ2n) is 6.76. The predicted molar refractivity (Wildman–Crippen MR) is 110 cm³/mol. The molecule has 28 heavy (non-hydrogen) atoms. The van der Waals surface area contributed by atoms with Crippen molar-refractivity contribution < 1.29 is 4.52 Å². The van der Waals surface area contributed by atoms with Crippen LogP contribution in [0.25, 0.3) is 0 Å². The summed E-state index contributed by atoms with van der Waals surface area (Å²) in [4.78, 5) is 11.3. The Morgan fingerprint density at radius 3 is 2.21 bits per heavy atom. The Balaban J connectivity index is 1.58. The Kier molecular flexibility index (Phi) is 5.60. The second-order valence-corrected chi connectivity index (χ2v) is 7.69. The number of benzene rings is 2. The van der Waals surface area contributed by atoms with Crippen molar-refractivity contribution in [3.8, 4) is 0 Å². The van der Waals surface area contributed by atoms with Crippen molar-refractivity contribution in [1.29, 1.82) is 0 Å². The molecule has 0 spiro atoms. The van der Waals surface area contributed by atoms with Crippen LogP contribution < -0.4 is 0 Å². The summed E-state index contributed by atoms with van der Waals surface area (Å²) in [5.74, 6) is 1.24. The van der Waals surface area contributed by atoms with E-state index in [1.165, 1.54) is 0 Å². The predicted octanol–water partition coefficient (Wildman–Crippen LogP) is 4.90. The number of thiazole rings is 1. The van der Waals surface area contributed by atoms with Gasteiger partial charge in [-0.05, 0) is 25.1 Å². The maximum absolute atomic E-state index is 5.61. The molecule has 2 aromatic heterocycles. The standard InChI is InChI=1S/C22H22N4OS/c1-16(22-23-13-14-28-22)26(2)15-19-24-21(25-27-19)20(17-9-5-3-6-10-17)18-11-7-4-8-12-18/h3-14,16,20H,15H2,1-2H3. The number of nitrogens with zero attached hydrogens (tertiary/aromatic N) is 4. The van der Waals surface area contributed by atoms with E-state index in [1.807, 2.05) is 55.0 Å². The molecule has 0 fully saturated rings. The highest BCUT2D eigenvalue weighted by Crippen LogP contribution is 2.30. The highest BCUT2D eigenvalue weighted by molar-refractivity contribution is 7.09. The molecule has 0 bridgehead atoms. The van der Waals surface area contributed by atoms with E-state index < -0.39 is 0 Å². The molecule has 0 radical (unpaired) electrons. The van der Waals surface area contributed by atoms with Gasteiger partial charge in [0.25, 0.3) is 0 Å². The number of aromatic nitrogens is 3. The van der Waals surface area contributed by atoms with E-state index >= 15 is 0 Å². The van der Waals surface area contributed by atoms with Crippen LogP contribution in [0.15, 0.2) is 76.8 Å². The van der Waals surface area contributed by atoms with Crippen LogP contribution in [0.5, 0.6) is 0 Å². The molecule has 1 unspecified atom stereocenters. The van der Waals surface area contributed by atoms with Crippen molar-refractivity contribution in [3.63, 3.8) is 0 Å². The number of hydrogen-bond donors (Lipinski definition) is 0. The Morgan fingerprint density at radius 1 is 1.00 bits per heavy atom. The van der Waals surface area contributed by atoms with E-state index in [2.05, 4.69) is 46.2 Å². The first kappa shape index (κ1) is 18.5. The van der Waals surface area contributed by atoms with Gasteiger partial charge in [0.15, 0.2) is 5.82 Å². The first-order valence-electron chi connectivity index (χ1n) is 9.24. The zero-order valence-corrected chi connectivity index (χ0v) is 16.7. The quantitative estimate of drug-likeness (QED) is 0.449. The second kappa shape index (κ2) is 8.46. The molecule has 0 aliphatic carbocycles. The zero-order chi connectivity index (χ0) is 19.3. The van der Waals surface area contributed by atoms with Gasteiger partial charge in [-0.1, -0.05) is 65.8 Å². The van der Waals surface area contributed by atoms with Gasteiger partial charge in [-0.25, -0.2) is 4.98 Å². The molecular weight excluding hydrogens is 368 g/mol. The molecule has 2 aromatic carbocycles. The summed E-state index contributed by atoms with van der Waals surface area (Å²) in [6.45, 7) is 2.71. The van der Waals surface area contributed by atoms with Crippen LogP contribution in [-0.4, -0.2) is 27.1 Å². The Bertz CT molecular complexity index is 946. The van der Waals surface area contributed by atoms with Gasteiger partial charge in [0.05, 0.1) is 18.5 Å². The fraction of sp³-hybridized carbons (Fsp3) is 0.227. The van der Waals surface area contributed by atoms with Crippen LogP contribution in [0.3, 0.4) is 0 Å². The van der Waals surface area contributed by atoms with Crippen molar-refractivity contribution in [2.45, 2.75) is 25.4 Å². The molecular formula is C22H22N4OS. The lowest BCUT2D eigenvalue weighted by atomic mass is 9.91. The molecule has 0 aliphatic heterocycles. The molecule has 4 aromatic rings. The highest BCUT2D eigenvalue weighted by Gasteiger charge is 2.23. The molecule has 0 N–H and O–H groups in total. The first-order chi connectivity index (χ1) is 13.7. The van der Waals surface area contributed by atoms with Crippen molar-refractivity contribution in [3.05, 3.63) is 100 Å². The minimum atomic E-state index is -0.0541. The summed E-state index contributed by atoms with van der Waals surface area (Å²) < 4.78 is 5.61. The van der Waals surface area contributed by atoms with Gasteiger partial charge < -0.3 is 4.52 Å². The summed E-state index contributed by atoms with van der Waals surface area (Å²) in [6.07, 6.45) is 1.83. The van der Waals surface area contributed by atoms with Gasteiger partial charge in [-0.3, -0.25) is 4.90 Å². The van der Waals surface area contributed by atoms with Gasteiger partial charge in [-0.15, -0.1) is 11.3 Å². The lowest BCUT2D eigenvalue weighted by Gasteiger charge is -2.20. The smallest absolute Gasteiger partial charge is 0.240 e. The third-order valence-corrected chi connectivity index (χ3v) is 5.81. The largest absolute Gasteiger partial charge is 0.338 e. The molecule has 6 heteroatoms. The molecule has 4 rings (SSSR count). The Morgan fingerprint density at radius 2 is 1.64 bits per heavy atom. The van der Waals surface area contributed by atoms with Gasteiger partial charge in [0.2, 0.25) is 5.89 Å². The van der Waals surface area contributed by atoms with E-state index in [0.29, 0.717) is 18.3 Å². The SMILES string of the molecule is CC(c1nccs1)N(C)Cc1nc(C(c2ccccc2)c2ccccc2)no1. The van der Waals surface area contributed by atoms with Gasteiger partial charge in [-0.2, -0.15) is 4.98 Å². The molecule has 5 nitrogen and oxygen atoms in total. The lowest BCUT2D eigenvalue weighted by molar-refractivity contribution is 0.216. The van der Waals surface area contributed by atoms with Gasteiger partial charge >= 0.3 is 0 Å². The van der Waals surface area contributed by atoms with Crippen molar-refractivity contribution in [1.82, 2.24) is 20.0 Å². The van der Waals surface area contributed by atoms with E-state index in [0.717, 1.165) is 16.1 Å². The maximum atomic E-state index is 5.61. The Labute approximate surface area is 168 Å². The topological polar surface area (TPSA) is 55.1 Å². The maximum Gasteiger partial charge on any atom is 0.240 e. The minimum absolute atomic E-state index is 0.0541. The van der Waals surface area contributed by atoms with E-state index in [-0.39, 0.29) is 12.0 Å². The minimum Gasteiger partial charge on any atom is -0.338 e. The summed E-state index contributed by atoms with van der Waals surface area (Å²) in [5, 5.41) is 7.39. The molecule has 0 saturated heterocycles. The van der Waals surface area contributed by atoms with E-state index in [4.69, 9.17) is 9.51 Å². The monoisotopic (exact) mass is 390 g/mol. The van der Waals surface area contributed by atoms with Gasteiger partial charge in [0, 0.05) is 11.6 Å². The molecule has 1 atom stereocenters. The van der Waals surface area contributed by atoms with E-state index in [1.54, 1.807) is 11.3 Å².